The van der Waals surface area contributed by atoms with Crippen LogP contribution in [0, 0.1) is 12.7 Å². The molecular formula is C16H17FN2S. The molecule has 0 aliphatic carbocycles. The Morgan fingerprint density at radius 1 is 1.10 bits per heavy atom. The fraction of sp³-hybridized carbons (Fsp3) is 0.188. The van der Waals surface area contributed by atoms with Gasteiger partial charge in [-0.15, -0.1) is 0 Å². The van der Waals surface area contributed by atoms with Crippen LogP contribution < -0.4 is 10.6 Å². The van der Waals surface area contributed by atoms with Gasteiger partial charge in [0.15, 0.2) is 5.11 Å². The van der Waals surface area contributed by atoms with Crippen LogP contribution in [0.3, 0.4) is 0 Å². The molecule has 4 heteroatoms. The predicted molar refractivity (Wildman–Crippen MR) is 85.4 cm³/mol. The maximum absolute atomic E-state index is 13.5. The van der Waals surface area contributed by atoms with Gasteiger partial charge in [0.1, 0.15) is 5.82 Å². The van der Waals surface area contributed by atoms with Crippen LogP contribution in [0.4, 0.5) is 10.1 Å². The van der Waals surface area contributed by atoms with Gasteiger partial charge >= 0.3 is 0 Å². The third-order valence-electron chi connectivity index (χ3n) is 3.12. The number of thiocarbonyl (C=S) groups is 1. The average molecular weight is 288 g/mol. The maximum Gasteiger partial charge on any atom is 0.171 e. The van der Waals surface area contributed by atoms with Gasteiger partial charge in [-0.25, -0.2) is 4.39 Å². The Hall–Kier alpha value is -1.94. The summed E-state index contributed by atoms with van der Waals surface area (Å²) in [4.78, 5) is 0. The van der Waals surface area contributed by atoms with Crippen LogP contribution >= 0.6 is 12.2 Å². The molecule has 0 aliphatic heterocycles. The zero-order valence-corrected chi connectivity index (χ0v) is 12.3. The molecule has 0 aliphatic rings. The van der Waals surface area contributed by atoms with E-state index in [9.17, 15) is 4.39 Å². The fourth-order valence-electron chi connectivity index (χ4n) is 2.07. The molecule has 0 amide bonds. The molecule has 0 fully saturated rings. The first kappa shape index (κ1) is 14.5. The van der Waals surface area contributed by atoms with Gasteiger partial charge in [-0.1, -0.05) is 36.4 Å². The lowest BCUT2D eigenvalue weighted by molar-refractivity contribution is 0.631. The van der Waals surface area contributed by atoms with Crippen molar-refractivity contribution in [3.05, 3.63) is 65.5 Å². The monoisotopic (exact) mass is 288 g/mol. The summed E-state index contributed by atoms with van der Waals surface area (Å²) in [6.07, 6.45) is 0. The van der Waals surface area contributed by atoms with Crippen LogP contribution in [-0.4, -0.2) is 5.11 Å². The number of halogens is 1. The summed E-state index contributed by atoms with van der Waals surface area (Å²) in [5.41, 5.74) is 2.74. The summed E-state index contributed by atoms with van der Waals surface area (Å²) in [7, 11) is 0. The molecule has 20 heavy (non-hydrogen) atoms. The summed E-state index contributed by atoms with van der Waals surface area (Å²) in [6.45, 7) is 4.08. The molecule has 2 N–H and O–H groups in total. The number of nitrogens with one attached hydrogen (secondary N) is 2. The maximum atomic E-state index is 13.5. The first-order valence-electron chi connectivity index (χ1n) is 6.45. The number of rotatable bonds is 3. The van der Waals surface area contributed by atoms with E-state index in [0.717, 1.165) is 0 Å². The van der Waals surface area contributed by atoms with Gasteiger partial charge < -0.3 is 10.6 Å². The molecule has 2 nitrogen and oxygen atoms in total. The average Bonchev–Trinajstić information content (AvgIpc) is 2.41. The number of hydrogen-bond acceptors (Lipinski definition) is 1. The number of para-hydroxylation sites is 1. The lowest BCUT2D eigenvalue weighted by Gasteiger charge is -2.19. The van der Waals surface area contributed by atoms with Crippen molar-refractivity contribution in [1.29, 1.82) is 0 Å². The largest absolute Gasteiger partial charge is 0.356 e. The second kappa shape index (κ2) is 6.48. The summed E-state index contributed by atoms with van der Waals surface area (Å²) >= 11 is 5.23. The van der Waals surface area contributed by atoms with Crippen LogP contribution in [0.15, 0.2) is 48.5 Å². The minimum absolute atomic E-state index is 0.0583. The highest BCUT2D eigenvalue weighted by Crippen LogP contribution is 2.17. The number of benzene rings is 2. The van der Waals surface area contributed by atoms with Crippen molar-refractivity contribution >= 4 is 23.0 Å². The normalized spacial score (nSPS) is 11.8. The van der Waals surface area contributed by atoms with Crippen LogP contribution in [-0.2, 0) is 0 Å². The van der Waals surface area contributed by atoms with Crippen LogP contribution in [0.25, 0.3) is 0 Å². The molecule has 0 saturated carbocycles. The molecule has 0 heterocycles. The summed E-state index contributed by atoms with van der Waals surface area (Å²) in [6, 6.07) is 14.6. The minimum Gasteiger partial charge on any atom is -0.356 e. The molecule has 104 valence electrons. The zero-order valence-electron chi connectivity index (χ0n) is 11.5. The molecular weight excluding hydrogens is 271 g/mol. The number of anilines is 1. The molecule has 1 atom stereocenters. The van der Waals surface area contributed by atoms with Gasteiger partial charge in [-0.3, -0.25) is 0 Å². The molecule has 2 aromatic rings. The van der Waals surface area contributed by atoms with Crippen LogP contribution in [0.5, 0.6) is 0 Å². The van der Waals surface area contributed by atoms with Crippen molar-refractivity contribution in [3.8, 4) is 0 Å². The Kier molecular flexibility index (Phi) is 4.69. The highest BCUT2D eigenvalue weighted by molar-refractivity contribution is 7.80. The van der Waals surface area contributed by atoms with E-state index in [1.807, 2.05) is 19.1 Å². The SMILES string of the molecule is Cc1ccccc1C(C)NC(=S)Nc1ccccc1F. The number of aryl methyl sites for hydroxylation is 1. The Balaban J connectivity index is 2.02. The smallest absolute Gasteiger partial charge is 0.171 e. The Morgan fingerprint density at radius 2 is 1.75 bits per heavy atom. The number of hydrogen-bond donors (Lipinski definition) is 2. The van der Waals surface area contributed by atoms with Crippen molar-refractivity contribution in [2.24, 2.45) is 0 Å². The Labute approximate surface area is 124 Å². The van der Waals surface area contributed by atoms with E-state index in [4.69, 9.17) is 12.2 Å². The highest BCUT2D eigenvalue weighted by atomic mass is 32.1. The van der Waals surface area contributed by atoms with Crippen molar-refractivity contribution in [1.82, 2.24) is 5.32 Å². The van der Waals surface area contributed by atoms with E-state index in [1.165, 1.54) is 17.2 Å². The first-order chi connectivity index (χ1) is 9.58. The van der Waals surface area contributed by atoms with E-state index in [0.29, 0.717) is 10.8 Å². The second-order valence-electron chi connectivity index (χ2n) is 4.66. The van der Waals surface area contributed by atoms with Gasteiger partial charge in [-0.2, -0.15) is 0 Å². The van der Waals surface area contributed by atoms with E-state index < -0.39 is 0 Å². The van der Waals surface area contributed by atoms with Gasteiger partial charge in [0, 0.05) is 0 Å². The van der Waals surface area contributed by atoms with Crippen LogP contribution in [0.2, 0.25) is 0 Å². The standard InChI is InChI=1S/C16H17FN2S/c1-11-7-3-4-8-13(11)12(2)18-16(20)19-15-10-6-5-9-14(15)17/h3-10,12H,1-2H3,(H2,18,19,20). The summed E-state index contributed by atoms with van der Waals surface area (Å²) in [5, 5.41) is 6.45. The lowest BCUT2D eigenvalue weighted by atomic mass is 10.0. The topological polar surface area (TPSA) is 24.1 Å². The Bertz CT molecular complexity index is 613. The molecule has 2 rings (SSSR count). The van der Waals surface area contributed by atoms with Gasteiger partial charge in [-0.05, 0) is 49.3 Å². The highest BCUT2D eigenvalue weighted by Gasteiger charge is 2.10. The Morgan fingerprint density at radius 3 is 2.45 bits per heavy atom. The molecule has 0 saturated heterocycles. The summed E-state index contributed by atoms with van der Waals surface area (Å²) < 4.78 is 13.5. The van der Waals surface area contributed by atoms with E-state index in [-0.39, 0.29) is 11.9 Å². The van der Waals surface area contributed by atoms with Crippen LogP contribution in [0.1, 0.15) is 24.1 Å². The van der Waals surface area contributed by atoms with E-state index in [1.54, 1.807) is 18.2 Å². The van der Waals surface area contributed by atoms with Crippen molar-refractivity contribution in [3.63, 3.8) is 0 Å². The molecule has 0 aromatic heterocycles. The van der Waals surface area contributed by atoms with E-state index in [2.05, 4.69) is 29.7 Å². The molecule has 0 radical (unpaired) electrons. The minimum atomic E-state index is -0.319. The molecule has 1 unspecified atom stereocenters. The lowest BCUT2D eigenvalue weighted by Crippen LogP contribution is -2.31. The molecule has 0 bridgehead atoms. The third kappa shape index (κ3) is 3.54. The molecule has 0 spiro atoms. The van der Waals surface area contributed by atoms with Crippen molar-refractivity contribution in [2.45, 2.75) is 19.9 Å². The van der Waals surface area contributed by atoms with Gasteiger partial charge in [0.2, 0.25) is 0 Å². The summed E-state index contributed by atoms with van der Waals surface area (Å²) in [5.74, 6) is -0.319. The van der Waals surface area contributed by atoms with Crippen molar-refractivity contribution in [2.75, 3.05) is 5.32 Å². The third-order valence-corrected chi connectivity index (χ3v) is 3.34. The molecule has 2 aromatic carbocycles. The first-order valence-corrected chi connectivity index (χ1v) is 6.86. The fourth-order valence-corrected chi connectivity index (χ4v) is 2.35. The quantitative estimate of drug-likeness (QED) is 0.828. The van der Waals surface area contributed by atoms with Gasteiger partial charge in [0.05, 0.1) is 11.7 Å². The predicted octanol–water partition coefficient (Wildman–Crippen LogP) is 4.18. The van der Waals surface area contributed by atoms with Crippen molar-refractivity contribution < 1.29 is 4.39 Å². The zero-order chi connectivity index (χ0) is 14.5. The van der Waals surface area contributed by atoms with Gasteiger partial charge in [0.25, 0.3) is 0 Å². The second-order valence-corrected chi connectivity index (χ2v) is 5.06. The van der Waals surface area contributed by atoms with E-state index >= 15 is 0 Å².